The van der Waals surface area contributed by atoms with Crippen LogP contribution in [0.2, 0.25) is 0 Å². The Morgan fingerprint density at radius 1 is 1.00 bits per heavy atom. The molecule has 0 aliphatic heterocycles. The first-order valence-corrected chi connectivity index (χ1v) is 5.62. The molecule has 0 aromatic carbocycles. The molecule has 2 heteroatoms. The highest BCUT2D eigenvalue weighted by Gasteiger charge is 2.69. The second-order valence-electron chi connectivity index (χ2n) is 5.40. The Kier molecular flexibility index (Phi) is 1.52. The first-order valence-electron chi connectivity index (χ1n) is 5.62. The molecule has 0 N–H and O–H groups in total. The van der Waals surface area contributed by atoms with Gasteiger partial charge in [-0.3, -0.25) is 9.59 Å². The molecule has 0 saturated heterocycles. The van der Waals surface area contributed by atoms with Gasteiger partial charge < -0.3 is 0 Å². The summed E-state index contributed by atoms with van der Waals surface area (Å²) in [5, 5.41) is 0. The van der Waals surface area contributed by atoms with E-state index in [2.05, 4.69) is 0 Å². The third-order valence-electron chi connectivity index (χ3n) is 4.81. The van der Waals surface area contributed by atoms with Crippen molar-refractivity contribution in [3.05, 3.63) is 0 Å². The second kappa shape index (κ2) is 2.47. The van der Waals surface area contributed by atoms with Gasteiger partial charge in [0.1, 0.15) is 11.6 Å². The zero-order valence-electron chi connectivity index (χ0n) is 8.69. The van der Waals surface area contributed by atoms with Crippen molar-refractivity contribution in [3.63, 3.8) is 0 Å². The molecule has 3 aliphatic carbocycles. The van der Waals surface area contributed by atoms with Crippen LogP contribution in [0.1, 0.15) is 26.7 Å². The third-order valence-corrected chi connectivity index (χ3v) is 4.81. The summed E-state index contributed by atoms with van der Waals surface area (Å²) in [6.07, 6.45) is 2.30. The fourth-order valence-electron chi connectivity index (χ4n) is 4.38. The summed E-state index contributed by atoms with van der Waals surface area (Å²) < 4.78 is 0. The monoisotopic (exact) mass is 192 g/mol. The number of hydrogen-bond donors (Lipinski definition) is 0. The number of carbonyl (C=O) groups excluding carboxylic acids is 2. The normalized spacial score (nSPS) is 53.0. The fourth-order valence-corrected chi connectivity index (χ4v) is 4.38. The van der Waals surface area contributed by atoms with Crippen molar-refractivity contribution >= 4 is 11.6 Å². The Morgan fingerprint density at radius 2 is 1.71 bits per heavy atom. The van der Waals surface area contributed by atoms with Crippen LogP contribution >= 0.6 is 0 Å². The highest BCUT2D eigenvalue weighted by molar-refractivity contribution is 5.84. The van der Waals surface area contributed by atoms with Gasteiger partial charge in [-0.05, 0) is 50.4 Å². The molecule has 3 rings (SSSR count). The number of rotatable bonds is 2. The standard InChI is InChI=1S/C12H16O2/c1-5(13)8-3-7-4-9(8)12-10(6(2)14)11(7)12/h7-12H,3-4H2,1-2H3/t7-,8+,9-,10+,11?,12?/m0/s1. The minimum Gasteiger partial charge on any atom is -0.300 e. The van der Waals surface area contributed by atoms with Crippen LogP contribution < -0.4 is 0 Å². The summed E-state index contributed by atoms with van der Waals surface area (Å²) in [5.74, 6) is 3.88. The van der Waals surface area contributed by atoms with Crippen molar-refractivity contribution in [1.29, 1.82) is 0 Å². The summed E-state index contributed by atoms with van der Waals surface area (Å²) in [5.41, 5.74) is 0. The molecule has 76 valence electrons. The molecule has 14 heavy (non-hydrogen) atoms. The maximum Gasteiger partial charge on any atom is 0.133 e. The van der Waals surface area contributed by atoms with Gasteiger partial charge in [-0.25, -0.2) is 0 Å². The molecular weight excluding hydrogens is 176 g/mol. The SMILES string of the molecule is CC(=O)[C@@H]1C2C1[C@H]1C[C@@H]2C[C@@H]1C(C)=O. The van der Waals surface area contributed by atoms with Crippen LogP contribution in [-0.2, 0) is 9.59 Å². The van der Waals surface area contributed by atoms with E-state index in [0.717, 1.165) is 6.42 Å². The lowest BCUT2D eigenvalue weighted by molar-refractivity contribution is -0.123. The predicted octanol–water partition coefficient (Wildman–Crippen LogP) is 1.68. The van der Waals surface area contributed by atoms with E-state index < -0.39 is 0 Å². The number of carbonyl (C=O) groups is 2. The van der Waals surface area contributed by atoms with Gasteiger partial charge in [0.05, 0.1) is 0 Å². The average molecular weight is 192 g/mol. The molecule has 0 radical (unpaired) electrons. The van der Waals surface area contributed by atoms with Crippen LogP contribution in [0.3, 0.4) is 0 Å². The first-order chi connectivity index (χ1) is 6.61. The van der Waals surface area contributed by atoms with Gasteiger partial charge in [0, 0.05) is 11.8 Å². The lowest BCUT2D eigenvalue weighted by atomic mass is 9.86. The van der Waals surface area contributed by atoms with Crippen LogP contribution in [0.5, 0.6) is 0 Å². The third kappa shape index (κ3) is 0.870. The predicted molar refractivity (Wildman–Crippen MR) is 51.5 cm³/mol. The zero-order valence-corrected chi connectivity index (χ0v) is 8.69. The van der Waals surface area contributed by atoms with Gasteiger partial charge in [-0.1, -0.05) is 0 Å². The first kappa shape index (κ1) is 8.63. The minimum absolute atomic E-state index is 0.297. The Balaban J connectivity index is 1.82. The van der Waals surface area contributed by atoms with Crippen molar-refractivity contribution in [3.8, 4) is 0 Å². The maximum absolute atomic E-state index is 11.4. The molecule has 0 amide bonds. The van der Waals surface area contributed by atoms with Gasteiger partial charge in [0.15, 0.2) is 0 Å². The van der Waals surface area contributed by atoms with E-state index in [1.807, 2.05) is 0 Å². The number of Topliss-reactive ketones (excluding diaryl/α,β-unsaturated/α-hetero) is 2. The van der Waals surface area contributed by atoms with Gasteiger partial charge >= 0.3 is 0 Å². The molecule has 2 nitrogen and oxygen atoms in total. The van der Waals surface area contributed by atoms with E-state index in [-0.39, 0.29) is 0 Å². The Bertz CT molecular complexity index is 320. The molecule has 3 fully saturated rings. The summed E-state index contributed by atoms with van der Waals surface area (Å²) in [6.45, 7) is 3.43. The van der Waals surface area contributed by atoms with Crippen LogP contribution in [0.25, 0.3) is 0 Å². The van der Waals surface area contributed by atoms with E-state index >= 15 is 0 Å². The highest BCUT2D eigenvalue weighted by atomic mass is 16.1. The average Bonchev–Trinajstić information content (AvgIpc) is 2.60. The summed E-state index contributed by atoms with van der Waals surface area (Å²) in [4.78, 5) is 22.7. The van der Waals surface area contributed by atoms with Crippen molar-refractivity contribution in [2.75, 3.05) is 0 Å². The van der Waals surface area contributed by atoms with Gasteiger partial charge in [-0.15, -0.1) is 0 Å². The molecule has 3 aliphatic rings. The fraction of sp³-hybridized carbons (Fsp3) is 0.833. The zero-order chi connectivity index (χ0) is 10.0. The van der Waals surface area contributed by atoms with Crippen LogP contribution in [-0.4, -0.2) is 11.6 Å². The highest BCUT2D eigenvalue weighted by Crippen LogP contribution is 2.71. The van der Waals surface area contributed by atoms with Crippen molar-refractivity contribution in [2.45, 2.75) is 26.7 Å². The van der Waals surface area contributed by atoms with Gasteiger partial charge in [0.2, 0.25) is 0 Å². The van der Waals surface area contributed by atoms with Crippen LogP contribution in [0.15, 0.2) is 0 Å². The quantitative estimate of drug-likeness (QED) is 0.667. The van der Waals surface area contributed by atoms with Crippen molar-refractivity contribution < 1.29 is 9.59 Å². The van der Waals surface area contributed by atoms with E-state index in [1.165, 1.54) is 6.42 Å². The van der Waals surface area contributed by atoms with E-state index in [0.29, 0.717) is 47.1 Å². The van der Waals surface area contributed by atoms with E-state index in [4.69, 9.17) is 0 Å². The smallest absolute Gasteiger partial charge is 0.133 e. The topological polar surface area (TPSA) is 34.1 Å². The van der Waals surface area contributed by atoms with E-state index in [9.17, 15) is 9.59 Å². The molecule has 3 saturated carbocycles. The van der Waals surface area contributed by atoms with Gasteiger partial charge in [0.25, 0.3) is 0 Å². The molecule has 2 bridgehead atoms. The van der Waals surface area contributed by atoms with Crippen LogP contribution in [0, 0.1) is 35.5 Å². The second-order valence-corrected chi connectivity index (χ2v) is 5.40. The summed E-state index contributed by atoms with van der Waals surface area (Å²) in [6, 6.07) is 0. The maximum atomic E-state index is 11.4. The Morgan fingerprint density at radius 3 is 2.29 bits per heavy atom. The Labute approximate surface area is 84.1 Å². The molecular formula is C12H16O2. The summed E-state index contributed by atoms with van der Waals surface area (Å²) >= 11 is 0. The number of fused-ring (bicyclic) bond motifs is 5. The molecule has 0 heterocycles. The van der Waals surface area contributed by atoms with Crippen LogP contribution in [0.4, 0.5) is 0 Å². The summed E-state index contributed by atoms with van der Waals surface area (Å²) in [7, 11) is 0. The number of hydrogen-bond acceptors (Lipinski definition) is 2. The van der Waals surface area contributed by atoms with Crippen molar-refractivity contribution in [1.82, 2.24) is 0 Å². The minimum atomic E-state index is 0.297. The van der Waals surface area contributed by atoms with E-state index in [1.54, 1.807) is 13.8 Å². The molecule has 0 spiro atoms. The molecule has 0 aromatic heterocycles. The lowest BCUT2D eigenvalue weighted by Crippen LogP contribution is -2.20. The van der Waals surface area contributed by atoms with Crippen molar-refractivity contribution in [2.24, 2.45) is 35.5 Å². The van der Waals surface area contributed by atoms with Gasteiger partial charge in [-0.2, -0.15) is 0 Å². The number of ketones is 2. The Hall–Kier alpha value is -0.660. The largest absolute Gasteiger partial charge is 0.300 e. The molecule has 0 aromatic rings. The lowest BCUT2D eigenvalue weighted by Gasteiger charge is -2.17. The molecule has 2 unspecified atom stereocenters. The molecule has 6 atom stereocenters.